The number of rotatable bonds is 4. The Balaban J connectivity index is 1.58. The van der Waals surface area contributed by atoms with Gasteiger partial charge in [0.1, 0.15) is 18.9 Å². The maximum atomic E-state index is 13.6. The zero-order chi connectivity index (χ0) is 23.1. The van der Waals surface area contributed by atoms with Crippen LogP contribution < -0.4 is 19.7 Å². The highest BCUT2D eigenvalue weighted by molar-refractivity contribution is 6.46. The van der Waals surface area contributed by atoms with Gasteiger partial charge >= 0.3 is 0 Å². The first-order chi connectivity index (χ1) is 15.9. The number of nitrogens with zero attached hydrogens (tertiary/aromatic N) is 1. The zero-order valence-electron chi connectivity index (χ0n) is 18.8. The first kappa shape index (κ1) is 20.8. The van der Waals surface area contributed by atoms with Crippen molar-refractivity contribution >= 4 is 28.8 Å². The lowest BCUT2D eigenvalue weighted by Gasteiger charge is -2.19. The second-order valence-electron chi connectivity index (χ2n) is 8.31. The van der Waals surface area contributed by atoms with Crippen LogP contribution in [0.1, 0.15) is 22.3 Å². The Morgan fingerprint density at radius 2 is 1.48 bits per heavy atom. The van der Waals surface area contributed by atoms with Gasteiger partial charge < -0.3 is 14.8 Å². The van der Waals surface area contributed by atoms with Crippen molar-refractivity contribution in [2.45, 2.75) is 20.8 Å². The molecule has 0 atom stereocenters. The molecule has 0 saturated carbocycles. The van der Waals surface area contributed by atoms with Crippen molar-refractivity contribution in [2.75, 3.05) is 23.4 Å². The SMILES string of the molecule is Cc1ccc(C2=C(Nc3ccc4c(c3)OCCO4)C(=O)N(c3ccc(C)c(C)c3)C2=O)cc1. The summed E-state index contributed by atoms with van der Waals surface area (Å²) in [6.07, 6.45) is 0. The summed E-state index contributed by atoms with van der Waals surface area (Å²) in [5.41, 5.74) is 5.64. The predicted molar refractivity (Wildman–Crippen MR) is 128 cm³/mol. The van der Waals surface area contributed by atoms with Gasteiger partial charge in [-0.1, -0.05) is 35.9 Å². The van der Waals surface area contributed by atoms with Crippen molar-refractivity contribution in [3.63, 3.8) is 0 Å². The summed E-state index contributed by atoms with van der Waals surface area (Å²) in [5.74, 6) is 0.512. The maximum absolute atomic E-state index is 13.6. The van der Waals surface area contributed by atoms with Crippen molar-refractivity contribution in [1.82, 2.24) is 0 Å². The highest BCUT2D eigenvalue weighted by atomic mass is 16.6. The van der Waals surface area contributed by atoms with Crippen LogP contribution in [-0.4, -0.2) is 25.0 Å². The highest BCUT2D eigenvalue weighted by Gasteiger charge is 2.40. The number of fused-ring (bicyclic) bond motifs is 1. The number of carbonyl (C=O) groups is 2. The number of ether oxygens (including phenoxy) is 2. The molecule has 3 aromatic carbocycles. The summed E-state index contributed by atoms with van der Waals surface area (Å²) < 4.78 is 11.3. The van der Waals surface area contributed by atoms with Gasteiger partial charge in [0.25, 0.3) is 11.8 Å². The van der Waals surface area contributed by atoms with Crippen LogP contribution in [0.3, 0.4) is 0 Å². The summed E-state index contributed by atoms with van der Waals surface area (Å²) >= 11 is 0. The molecule has 5 rings (SSSR count). The molecule has 1 N–H and O–H groups in total. The van der Waals surface area contributed by atoms with Crippen LogP contribution >= 0.6 is 0 Å². The van der Waals surface area contributed by atoms with Gasteiger partial charge in [0, 0.05) is 11.8 Å². The number of aryl methyl sites for hydroxylation is 3. The quantitative estimate of drug-likeness (QED) is 0.592. The molecular weight excluding hydrogens is 416 g/mol. The summed E-state index contributed by atoms with van der Waals surface area (Å²) in [6.45, 7) is 6.91. The molecule has 0 unspecified atom stereocenters. The van der Waals surface area contributed by atoms with E-state index in [1.165, 1.54) is 4.90 Å². The molecule has 2 aliphatic heterocycles. The fourth-order valence-electron chi connectivity index (χ4n) is 4.00. The Morgan fingerprint density at radius 3 is 2.21 bits per heavy atom. The van der Waals surface area contributed by atoms with Gasteiger partial charge in [0.2, 0.25) is 0 Å². The van der Waals surface area contributed by atoms with E-state index in [1.807, 2.05) is 63.2 Å². The van der Waals surface area contributed by atoms with Crippen molar-refractivity contribution in [1.29, 1.82) is 0 Å². The lowest BCUT2D eigenvalue weighted by atomic mass is 10.0. The van der Waals surface area contributed by atoms with E-state index in [0.29, 0.717) is 47.2 Å². The van der Waals surface area contributed by atoms with E-state index >= 15 is 0 Å². The molecule has 0 radical (unpaired) electrons. The van der Waals surface area contributed by atoms with Gasteiger partial charge in [-0.15, -0.1) is 0 Å². The van der Waals surface area contributed by atoms with Gasteiger partial charge in [-0.25, -0.2) is 4.90 Å². The molecule has 166 valence electrons. The molecule has 3 aromatic rings. The van der Waals surface area contributed by atoms with Gasteiger partial charge in [-0.3, -0.25) is 9.59 Å². The first-order valence-corrected chi connectivity index (χ1v) is 10.9. The van der Waals surface area contributed by atoms with Gasteiger partial charge in [-0.2, -0.15) is 0 Å². The minimum atomic E-state index is -0.395. The predicted octanol–water partition coefficient (Wildman–Crippen LogP) is 4.78. The third kappa shape index (κ3) is 3.74. The monoisotopic (exact) mass is 440 g/mol. The van der Waals surface area contributed by atoms with Crippen LogP contribution in [0.4, 0.5) is 11.4 Å². The Morgan fingerprint density at radius 1 is 0.758 bits per heavy atom. The van der Waals surface area contributed by atoms with Crippen molar-refractivity contribution in [3.05, 3.63) is 88.6 Å². The maximum Gasteiger partial charge on any atom is 0.282 e. The largest absolute Gasteiger partial charge is 0.486 e. The normalized spacial score (nSPS) is 15.3. The number of anilines is 2. The van der Waals surface area contributed by atoms with Crippen LogP contribution in [0.25, 0.3) is 5.57 Å². The Kier molecular flexibility index (Phi) is 5.13. The average molecular weight is 440 g/mol. The van der Waals surface area contributed by atoms with Crippen molar-refractivity contribution in [3.8, 4) is 11.5 Å². The molecule has 2 amide bonds. The molecule has 6 heteroatoms. The Hall–Kier alpha value is -4.06. The van der Waals surface area contributed by atoms with Crippen LogP contribution in [0.2, 0.25) is 0 Å². The van der Waals surface area contributed by atoms with Gasteiger partial charge in [-0.05, 0) is 61.7 Å². The van der Waals surface area contributed by atoms with E-state index in [0.717, 1.165) is 16.7 Å². The summed E-state index contributed by atoms with van der Waals surface area (Å²) in [6, 6.07) is 18.6. The van der Waals surface area contributed by atoms with E-state index in [4.69, 9.17) is 9.47 Å². The minimum Gasteiger partial charge on any atom is -0.486 e. The Bertz CT molecular complexity index is 1310. The van der Waals surface area contributed by atoms with E-state index in [-0.39, 0.29) is 11.6 Å². The van der Waals surface area contributed by atoms with Crippen LogP contribution in [0, 0.1) is 20.8 Å². The standard InChI is InChI=1S/C27H24N2O4/c1-16-4-7-19(8-5-16)24-25(28-20-9-11-22-23(15-20)33-13-12-32-22)27(31)29(26(24)30)21-10-6-17(2)18(3)14-21/h4-11,14-15,28H,12-13H2,1-3H3. The summed E-state index contributed by atoms with van der Waals surface area (Å²) in [7, 11) is 0. The third-order valence-electron chi connectivity index (χ3n) is 5.98. The van der Waals surface area contributed by atoms with E-state index in [2.05, 4.69) is 5.32 Å². The van der Waals surface area contributed by atoms with E-state index in [1.54, 1.807) is 18.2 Å². The molecule has 0 aromatic heterocycles. The van der Waals surface area contributed by atoms with E-state index < -0.39 is 5.91 Å². The number of benzene rings is 3. The smallest absolute Gasteiger partial charge is 0.282 e. The molecule has 2 aliphatic rings. The van der Waals surface area contributed by atoms with E-state index in [9.17, 15) is 9.59 Å². The van der Waals surface area contributed by atoms with Crippen LogP contribution in [0.5, 0.6) is 11.5 Å². The molecule has 0 spiro atoms. The first-order valence-electron chi connectivity index (χ1n) is 10.9. The van der Waals surface area contributed by atoms with Crippen LogP contribution in [-0.2, 0) is 9.59 Å². The average Bonchev–Trinajstić information content (AvgIpc) is 3.05. The molecule has 6 nitrogen and oxygen atoms in total. The number of amides is 2. The molecule has 33 heavy (non-hydrogen) atoms. The van der Waals surface area contributed by atoms with Crippen molar-refractivity contribution in [2.24, 2.45) is 0 Å². The fourth-order valence-corrected chi connectivity index (χ4v) is 4.00. The topological polar surface area (TPSA) is 67.9 Å². The zero-order valence-corrected chi connectivity index (χ0v) is 18.8. The minimum absolute atomic E-state index is 0.235. The molecule has 0 bridgehead atoms. The molecule has 2 heterocycles. The third-order valence-corrected chi connectivity index (χ3v) is 5.98. The van der Waals surface area contributed by atoms with Crippen molar-refractivity contribution < 1.29 is 19.1 Å². The second kappa shape index (κ2) is 8.13. The fraction of sp³-hybridized carbons (Fsp3) is 0.185. The number of imide groups is 1. The summed E-state index contributed by atoms with van der Waals surface area (Å²) in [5, 5.41) is 3.19. The number of nitrogens with one attached hydrogen (secondary N) is 1. The lowest BCUT2D eigenvalue weighted by molar-refractivity contribution is -0.120. The van der Waals surface area contributed by atoms with Gasteiger partial charge in [0.15, 0.2) is 11.5 Å². The highest BCUT2D eigenvalue weighted by Crippen LogP contribution is 2.37. The molecular formula is C27H24N2O4. The second-order valence-corrected chi connectivity index (χ2v) is 8.31. The Labute approximate surface area is 192 Å². The molecule has 0 saturated heterocycles. The summed E-state index contributed by atoms with van der Waals surface area (Å²) in [4.78, 5) is 28.4. The van der Waals surface area contributed by atoms with Gasteiger partial charge in [0.05, 0.1) is 11.3 Å². The number of hydrogen-bond donors (Lipinski definition) is 1. The lowest BCUT2D eigenvalue weighted by Crippen LogP contribution is -2.32. The molecule has 0 fully saturated rings. The number of hydrogen-bond acceptors (Lipinski definition) is 5. The van der Waals surface area contributed by atoms with Crippen LogP contribution in [0.15, 0.2) is 66.4 Å². The number of carbonyl (C=O) groups excluding carboxylic acids is 2. The molecule has 0 aliphatic carbocycles.